The Morgan fingerprint density at radius 2 is 1.88 bits per heavy atom. The molecule has 126 valence electrons. The average Bonchev–Trinajstić information content (AvgIpc) is 2.74. The van der Waals surface area contributed by atoms with Crippen molar-refractivity contribution in [2.75, 3.05) is 18.8 Å². The molecule has 0 bridgehead atoms. The van der Waals surface area contributed by atoms with Crippen molar-refractivity contribution in [1.29, 1.82) is 0 Å². The molecule has 6 nitrogen and oxygen atoms in total. The second-order valence-electron chi connectivity index (χ2n) is 5.89. The van der Waals surface area contributed by atoms with Gasteiger partial charge in [-0.1, -0.05) is 30.3 Å². The van der Waals surface area contributed by atoms with E-state index in [4.69, 9.17) is 0 Å². The van der Waals surface area contributed by atoms with Crippen molar-refractivity contribution in [3.05, 3.63) is 59.7 Å². The maximum atomic E-state index is 12.6. The van der Waals surface area contributed by atoms with Gasteiger partial charge in [0.25, 0.3) is 5.91 Å². The second kappa shape index (κ2) is 6.68. The first-order valence-electron chi connectivity index (χ1n) is 7.82. The largest absolute Gasteiger partial charge is 0.336 e. The molecule has 7 heteroatoms. The van der Waals surface area contributed by atoms with Gasteiger partial charge >= 0.3 is 0 Å². The number of rotatable bonds is 2. The maximum Gasteiger partial charge on any atom is 0.274 e. The fourth-order valence-corrected chi connectivity index (χ4v) is 4.65. The highest BCUT2D eigenvalue weighted by Gasteiger charge is 2.33. The van der Waals surface area contributed by atoms with Gasteiger partial charge in [-0.05, 0) is 18.9 Å². The van der Waals surface area contributed by atoms with Crippen LogP contribution in [-0.4, -0.2) is 48.0 Å². The summed E-state index contributed by atoms with van der Waals surface area (Å²) in [4.78, 5) is 22.3. The molecule has 0 N–H and O–H groups in total. The van der Waals surface area contributed by atoms with Gasteiger partial charge in [0.2, 0.25) is 0 Å². The predicted molar refractivity (Wildman–Crippen MR) is 90.3 cm³/mol. The maximum absolute atomic E-state index is 12.6. The van der Waals surface area contributed by atoms with Crippen LogP contribution < -0.4 is 0 Å². The first kappa shape index (κ1) is 16.6. The highest BCUT2D eigenvalue weighted by molar-refractivity contribution is 7.91. The number of sulfone groups is 1. The molecular formula is C17H19N3O3S. The van der Waals surface area contributed by atoms with Gasteiger partial charge in [-0.2, -0.15) is 0 Å². The molecule has 0 saturated carbocycles. The number of nitrogens with zero attached hydrogens (tertiary/aromatic N) is 3. The van der Waals surface area contributed by atoms with Gasteiger partial charge in [-0.3, -0.25) is 9.78 Å². The van der Waals surface area contributed by atoms with Gasteiger partial charge in [-0.15, -0.1) is 0 Å². The molecule has 1 fully saturated rings. The number of hydrogen-bond acceptors (Lipinski definition) is 5. The number of aromatic nitrogens is 2. The van der Waals surface area contributed by atoms with Crippen LogP contribution in [0.3, 0.4) is 0 Å². The lowest BCUT2D eigenvalue weighted by molar-refractivity contribution is 0.0760. The number of carbonyl (C=O) groups is 1. The van der Waals surface area contributed by atoms with Crippen LogP contribution in [0.4, 0.5) is 0 Å². The van der Waals surface area contributed by atoms with Gasteiger partial charge in [0.15, 0.2) is 9.84 Å². The minimum atomic E-state index is -3.30. The predicted octanol–water partition coefficient (Wildman–Crippen LogP) is 1.79. The third-order valence-corrected chi connectivity index (χ3v) is 6.33. The van der Waals surface area contributed by atoms with E-state index in [9.17, 15) is 13.2 Å². The Balaban J connectivity index is 1.81. The lowest BCUT2D eigenvalue weighted by Crippen LogP contribution is -2.34. The lowest BCUT2D eigenvalue weighted by Gasteiger charge is -2.19. The smallest absolute Gasteiger partial charge is 0.274 e. The SMILES string of the molecule is Cc1cnc(C(=O)N2CCC(c3ccccc3)S(=O)(=O)CC2)cn1. The molecule has 1 unspecified atom stereocenters. The van der Waals surface area contributed by atoms with Crippen molar-refractivity contribution < 1.29 is 13.2 Å². The molecule has 3 rings (SSSR count). The van der Waals surface area contributed by atoms with Crippen molar-refractivity contribution in [3.8, 4) is 0 Å². The Hall–Kier alpha value is -2.28. The quantitative estimate of drug-likeness (QED) is 0.829. The first-order chi connectivity index (χ1) is 11.5. The Bertz CT molecular complexity index is 820. The van der Waals surface area contributed by atoms with Crippen molar-refractivity contribution in [2.24, 2.45) is 0 Å². The van der Waals surface area contributed by atoms with E-state index in [1.165, 1.54) is 12.4 Å². The summed E-state index contributed by atoms with van der Waals surface area (Å²) in [5.74, 6) is -0.316. The average molecular weight is 345 g/mol. The Morgan fingerprint density at radius 1 is 1.12 bits per heavy atom. The molecule has 1 aromatic heterocycles. The van der Waals surface area contributed by atoms with E-state index < -0.39 is 15.1 Å². The van der Waals surface area contributed by atoms with Crippen molar-refractivity contribution in [1.82, 2.24) is 14.9 Å². The molecule has 1 aliphatic rings. The third-order valence-electron chi connectivity index (χ3n) is 4.20. The number of hydrogen-bond donors (Lipinski definition) is 0. The number of aryl methyl sites for hydroxylation is 1. The summed E-state index contributed by atoms with van der Waals surface area (Å²) in [6, 6.07) is 9.18. The normalized spacial score (nSPS) is 20.4. The van der Waals surface area contributed by atoms with Crippen LogP contribution in [0.2, 0.25) is 0 Å². The van der Waals surface area contributed by atoms with Gasteiger partial charge in [0, 0.05) is 19.3 Å². The van der Waals surface area contributed by atoms with Crippen molar-refractivity contribution in [3.63, 3.8) is 0 Å². The summed E-state index contributed by atoms with van der Waals surface area (Å²) in [5, 5.41) is -0.569. The van der Waals surface area contributed by atoms with Crippen molar-refractivity contribution in [2.45, 2.75) is 18.6 Å². The summed E-state index contributed by atoms with van der Waals surface area (Å²) in [6.45, 7) is 2.36. The number of carbonyl (C=O) groups excluding carboxylic acids is 1. The first-order valence-corrected chi connectivity index (χ1v) is 9.53. The number of benzene rings is 1. The molecule has 2 aromatic rings. The summed E-state index contributed by atoms with van der Waals surface area (Å²) >= 11 is 0. The molecule has 2 heterocycles. The topological polar surface area (TPSA) is 80.2 Å². The van der Waals surface area contributed by atoms with Crippen LogP contribution in [0.1, 0.15) is 33.4 Å². The highest BCUT2D eigenvalue weighted by atomic mass is 32.2. The summed E-state index contributed by atoms with van der Waals surface area (Å²) in [5.41, 5.74) is 1.76. The highest BCUT2D eigenvalue weighted by Crippen LogP contribution is 2.29. The van der Waals surface area contributed by atoms with Crippen LogP contribution in [0, 0.1) is 6.92 Å². The lowest BCUT2D eigenvalue weighted by atomic mass is 10.1. The van der Waals surface area contributed by atoms with Gasteiger partial charge in [-0.25, -0.2) is 13.4 Å². The Labute approximate surface area is 141 Å². The van der Waals surface area contributed by atoms with E-state index >= 15 is 0 Å². The van der Waals surface area contributed by atoms with Gasteiger partial charge in [0.05, 0.1) is 22.9 Å². The minimum absolute atomic E-state index is 0.0441. The van der Waals surface area contributed by atoms with Crippen LogP contribution in [0.5, 0.6) is 0 Å². The van der Waals surface area contributed by atoms with Gasteiger partial charge in [0.1, 0.15) is 5.69 Å². The van der Waals surface area contributed by atoms with E-state index in [2.05, 4.69) is 9.97 Å². The zero-order valence-electron chi connectivity index (χ0n) is 13.4. The fraction of sp³-hybridized carbons (Fsp3) is 0.353. The molecule has 1 aliphatic heterocycles. The van der Waals surface area contributed by atoms with Crippen LogP contribution in [0.25, 0.3) is 0 Å². The van der Waals surface area contributed by atoms with E-state index in [0.717, 1.165) is 11.3 Å². The second-order valence-corrected chi connectivity index (χ2v) is 8.19. The standard InChI is InChI=1S/C17H19N3O3S/c1-13-11-19-15(12-18-13)17(21)20-8-7-16(24(22,23)10-9-20)14-5-3-2-4-6-14/h2-6,11-12,16H,7-10H2,1H3. The van der Waals surface area contributed by atoms with E-state index in [0.29, 0.717) is 13.0 Å². The molecule has 1 atom stereocenters. The van der Waals surface area contributed by atoms with E-state index in [1.807, 2.05) is 30.3 Å². The molecule has 0 radical (unpaired) electrons. The minimum Gasteiger partial charge on any atom is -0.336 e. The summed E-state index contributed by atoms with van der Waals surface area (Å²) in [6.07, 6.45) is 3.36. The van der Waals surface area contributed by atoms with Crippen LogP contribution >= 0.6 is 0 Å². The molecule has 0 aliphatic carbocycles. The summed E-state index contributed by atoms with van der Waals surface area (Å²) in [7, 11) is -3.30. The van der Waals surface area contributed by atoms with Crippen LogP contribution in [0.15, 0.2) is 42.7 Å². The zero-order chi connectivity index (χ0) is 17.2. The molecule has 1 aromatic carbocycles. The van der Waals surface area contributed by atoms with Crippen molar-refractivity contribution >= 4 is 15.7 Å². The number of amides is 1. The van der Waals surface area contributed by atoms with E-state index in [-0.39, 0.29) is 23.9 Å². The Morgan fingerprint density at radius 3 is 2.54 bits per heavy atom. The monoisotopic (exact) mass is 345 g/mol. The molecular weight excluding hydrogens is 326 g/mol. The third kappa shape index (κ3) is 3.46. The fourth-order valence-electron chi connectivity index (χ4n) is 2.85. The molecule has 1 amide bonds. The zero-order valence-corrected chi connectivity index (χ0v) is 14.2. The summed E-state index contributed by atoms with van der Waals surface area (Å²) < 4.78 is 25.2. The van der Waals surface area contributed by atoms with E-state index in [1.54, 1.807) is 11.8 Å². The van der Waals surface area contributed by atoms with Crippen LogP contribution in [-0.2, 0) is 9.84 Å². The molecule has 0 spiro atoms. The van der Waals surface area contributed by atoms with Gasteiger partial charge < -0.3 is 4.90 Å². The Kier molecular flexibility index (Phi) is 4.62. The molecule has 1 saturated heterocycles. The molecule has 24 heavy (non-hydrogen) atoms.